The standard InChI is InChI=1S/C16H15BrO3/c1-2-14(18)12-7-10(15(19)5-9-3-4-9)6-11-13(17)8-20-16(11)12/h6-9H,2-5H2,1H3. The fourth-order valence-electron chi connectivity index (χ4n) is 2.37. The fraction of sp³-hybridized carbons (Fsp3) is 0.375. The summed E-state index contributed by atoms with van der Waals surface area (Å²) in [6.07, 6.45) is 4.83. The van der Waals surface area contributed by atoms with Crippen molar-refractivity contribution in [2.75, 3.05) is 0 Å². The average molecular weight is 335 g/mol. The molecule has 2 aromatic rings. The SMILES string of the molecule is CCC(=O)c1cc(C(=O)CC2CC2)cc2c(Br)coc12. The van der Waals surface area contributed by atoms with Gasteiger partial charge in [0.25, 0.3) is 0 Å². The summed E-state index contributed by atoms with van der Waals surface area (Å²) >= 11 is 3.40. The molecule has 0 spiro atoms. The molecular weight excluding hydrogens is 320 g/mol. The molecule has 0 bridgehead atoms. The number of carbonyl (C=O) groups is 2. The van der Waals surface area contributed by atoms with Crippen LogP contribution in [-0.4, -0.2) is 11.6 Å². The number of benzene rings is 1. The lowest BCUT2D eigenvalue weighted by Crippen LogP contribution is -2.04. The van der Waals surface area contributed by atoms with Crippen molar-refractivity contribution in [3.05, 3.63) is 34.0 Å². The lowest BCUT2D eigenvalue weighted by atomic mass is 9.98. The van der Waals surface area contributed by atoms with Crippen LogP contribution in [0.3, 0.4) is 0 Å². The topological polar surface area (TPSA) is 47.3 Å². The quantitative estimate of drug-likeness (QED) is 0.740. The van der Waals surface area contributed by atoms with E-state index in [2.05, 4.69) is 15.9 Å². The van der Waals surface area contributed by atoms with Crippen LogP contribution >= 0.6 is 15.9 Å². The number of carbonyl (C=O) groups excluding carboxylic acids is 2. The predicted molar refractivity (Wildman–Crippen MR) is 80.2 cm³/mol. The van der Waals surface area contributed by atoms with Crippen LogP contribution in [0.5, 0.6) is 0 Å². The van der Waals surface area contributed by atoms with Gasteiger partial charge < -0.3 is 4.42 Å². The largest absolute Gasteiger partial charge is 0.462 e. The van der Waals surface area contributed by atoms with Crippen LogP contribution in [0.25, 0.3) is 11.0 Å². The van der Waals surface area contributed by atoms with Crippen LogP contribution in [0.2, 0.25) is 0 Å². The number of ketones is 2. The molecule has 20 heavy (non-hydrogen) atoms. The predicted octanol–water partition coefficient (Wildman–Crippen LogP) is 4.77. The number of hydrogen-bond donors (Lipinski definition) is 0. The summed E-state index contributed by atoms with van der Waals surface area (Å²) in [4.78, 5) is 24.3. The summed E-state index contributed by atoms with van der Waals surface area (Å²) in [6, 6.07) is 3.51. The average Bonchev–Trinajstić information content (AvgIpc) is 3.19. The maximum atomic E-state index is 12.3. The Morgan fingerprint density at radius 1 is 1.30 bits per heavy atom. The molecule has 1 aliphatic rings. The lowest BCUT2D eigenvalue weighted by Gasteiger charge is -2.05. The van der Waals surface area contributed by atoms with E-state index in [0.29, 0.717) is 35.5 Å². The Morgan fingerprint density at radius 3 is 2.70 bits per heavy atom. The van der Waals surface area contributed by atoms with Gasteiger partial charge in [-0.15, -0.1) is 0 Å². The molecule has 3 nitrogen and oxygen atoms in total. The van der Waals surface area contributed by atoms with Gasteiger partial charge in [0.1, 0.15) is 11.8 Å². The van der Waals surface area contributed by atoms with E-state index in [9.17, 15) is 9.59 Å². The maximum absolute atomic E-state index is 12.3. The minimum Gasteiger partial charge on any atom is -0.462 e. The van der Waals surface area contributed by atoms with E-state index in [4.69, 9.17) is 4.42 Å². The molecule has 1 heterocycles. The summed E-state index contributed by atoms with van der Waals surface area (Å²) in [5.74, 6) is 0.655. The van der Waals surface area contributed by atoms with E-state index < -0.39 is 0 Å². The van der Waals surface area contributed by atoms with Crippen molar-refractivity contribution in [1.82, 2.24) is 0 Å². The highest BCUT2D eigenvalue weighted by atomic mass is 79.9. The van der Waals surface area contributed by atoms with Crippen LogP contribution < -0.4 is 0 Å². The third-order valence-corrected chi connectivity index (χ3v) is 4.36. The second-order valence-corrected chi connectivity index (χ2v) is 6.19. The Hall–Kier alpha value is -1.42. The van der Waals surface area contributed by atoms with E-state index in [1.165, 1.54) is 0 Å². The molecule has 4 heteroatoms. The molecular formula is C16H15BrO3. The number of rotatable bonds is 5. The van der Waals surface area contributed by atoms with Gasteiger partial charge >= 0.3 is 0 Å². The van der Waals surface area contributed by atoms with E-state index in [1.54, 1.807) is 12.3 Å². The van der Waals surface area contributed by atoms with Crippen LogP contribution in [0.4, 0.5) is 0 Å². The molecule has 104 valence electrons. The Kier molecular flexibility index (Phi) is 3.50. The Bertz CT molecular complexity index is 695. The van der Waals surface area contributed by atoms with Crippen LogP contribution in [0.1, 0.15) is 53.3 Å². The zero-order valence-corrected chi connectivity index (χ0v) is 12.8. The normalized spacial score (nSPS) is 14.7. The van der Waals surface area contributed by atoms with Crippen LogP contribution in [-0.2, 0) is 0 Å². The molecule has 0 atom stereocenters. The van der Waals surface area contributed by atoms with Gasteiger partial charge in [0.15, 0.2) is 11.6 Å². The van der Waals surface area contributed by atoms with Crippen molar-refractivity contribution in [2.24, 2.45) is 5.92 Å². The van der Waals surface area contributed by atoms with Gasteiger partial charge in [-0.1, -0.05) is 6.92 Å². The Balaban J connectivity index is 2.10. The number of furan rings is 1. The summed E-state index contributed by atoms with van der Waals surface area (Å²) < 4.78 is 6.23. The minimum absolute atomic E-state index is 0.00192. The summed E-state index contributed by atoms with van der Waals surface area (Å²) in [5, 5.41) is 0.795. The van der Waals surface area contributed by atoms with Crippen molar-refractivity contribution < 1.29 is 14.0 Å². The van der Waals surface area contributed by atoms with Gasteiger partial charge in [-0.3, -0.25) is 9.59 Å². The first-order chi connectivity index (χ1) is 9.60. The van der Waals surface area contributed by atoms with Gasteiger partial charge in [0.2, 0.25) is 0 Å². The lowest BCUT2D eigenvalue weighted by molar-refractivity contribution is 0.0976. The minimum atomic E-state index is -0.00192. The first-order valence-corrected chi connectivity index (χ1v) is 7.66. The fourth-order valence-corrected chi connectivity index (χ4v) is 2.76. The molecule has 0 amide bonds. The van der Waals surface area contributed by atoms with Gasteiger partial charge in [0.05, 0.1) is 10.0 Å². The summed E-state index contributed by atoms with van der Waals surface area (Å²) in [7, 11) is 0. The first-order valence-electron chi connectivity index (χ1n) is 6.87. The number of halogens is 1. The molecule has 0 aliphatic heterocycles. The van der Waals surface area contributed by atoms with Crippen molar-refractivity contribution in [1.29, 1.82) is 0 Å². The molecule has 1 aromatic heterocycles. The smallest absolute Gasteiger partial charge is 0.166 e. The molecule has 0 N–H and O–H groups in total. The zero-order valence-electron chi connectivity index (χ0n) is 11.2. The second kappa shape index (κ2) is 5.17. The number of hydrogen-bond acceptors (Lipinski definition) is 3. The highest BCUT2D eigenvalue weighted by Crippen LogP contribution is 2.35. The molecule has 0 saturated heterocycles. The van der Waals surface area contributed by atoms with E-state index in [0.717, 1.165) is 22.7 Å². The van der Waals surface area contributed by atoms with E-state index >= 15 is 0 Å². The summed E-state index contributed by atoms with van der Waals surface area (Å²) in [6.45, 7) is 1.81. The van der Waals surface area contributed by atoms with Crippen molar-refractivity contribution in [3.63, 3.8) is 0 Å². The van der Waals surface area contributed by atoms with Gasteiger partial charge in [0, 0.05) is 23.8 Å². The maximum Gasteiger partial charge on any atom is 0.166 e. The van der Waals surface area contributed by atoms with Gasteiger partial charge in [-0.05, 0) is 46.8 Å². The second-order valence-electron chi connectivity index (χ2n) is 5.33. The highest BCUT2D eigenvalue weighted by Gasteiger charge is 2.26. The van der Waals surface area contributed by atoms with Crippen molar-refractivity contribution >= 4 is 38.5 Å². The van der Waals surface area contributed by atoms with Crippen molar-refractivity contribution in [3.8, 4) is 0 Å². The molecule has 1 fully saturated rings. The number of Topliss-reactive ketones (excluding diaryl/α,β-unsaturated/α-hetero) is 2. The highest BCUT2D eigenvalue weighted by molar-refractivity contribution is 9.10. The van der Waals surface area contributed by atoms with Crippen LogP contribution in [0.15, 0.2) is 27.3 Å². The monoisotopic (exact) mass is 334 g/mol. The molecule has 1 aliphatic carbocycles. The molecule has 0 radical (unpaired) electrons. The molecule has 1 saturated carbocycles. The van der Waals surface area contributed by atoms with E-state index in [1.807, 2.05) is 13.0 Å². The number of fused-ring (bicyclic) bond motifs is 1. The Labute approximate surface area is 125 Å². The van der Waals surface area contributed by atoms with Crippen LogP contribution in [0, 0.1) is 5.92 Å². The van der Waals surface area contributed by atoms with Gasteiger partial charge in [-0.2, -0.15) is 0 Å². The molecule has 1 aromatic carbocycles. The molecule has 3 rings (SSSR count). The van der Waals surface area contributed by atoms with Crippen molar-refractivity contribution in [2.45, 2.75) is 32.6 Å². The molecule has 0 unspecified atom stereocenters. The van der Waals surface area contributed by atoms with Gasteiger partial charge in [-0.25, -0.2) is 0 Å². The Morgan fingerprint density at radius 2 is 2.05 bits per heavy atom. The first kappa shape index (κ1) is 13.6. The zero-order chi connectivity index (χ0) is 14.3. The summed E-state index contributed by atoms with van der Waals surface area (Å²) in [5.41, 5.74) is 1.69. The van der Waals surface area contributed by atoms with E-state index in [-0.39, 0.29) is 11.6 Å². The third-order valence-electron chi connectivity index (χ3n) is 3.74. The third kappa shape index (κ3) is 2.44.